The average Bonchev–Trinajstić information content (AvgIpc) is 3.31. The van der Waals surface area contributed by atoms with E-state index in [9.17, 15) is 0 Å². The minimum absolute atomic E-state index is 0.0133. The molecule has 0 N–H and O–H groups in total. The first kappa shape index (κ1) is 22.2. The van der Waals surface area contributed by atoms with Crippen LogP contribution in [0.1, 0.15) is 13.7 Å². The Morgan fingerprint density at radius 2 is 0.755 bits per heavy atom. The molecule has 0 radical (unpaired) electrons. The standard InChI is InChI=1S/C52H33F/c53-52-48(36-18-5-2-6-19-36)32-37(34-16-3-1-4-17-34)33-49(52)41-30-31-47(40-24-10-9-23-39(40)41)51-45-27-13-11-25-43(45)50(44-26-12-14-28-46(44)51)42-29-15-21-35-20-7-8-22-38(35)42/h1-33H/i1D,2D,3D,4D,5D,6D,16D,17D,18D,19D. The molecule has 0 aliphatic rings. The number of halogens is 1. The van der Waals surface area contributed by atoms with E-state index in [1.54, 1.807) is 6.07 Å². The third-order valence-electron chi connectivity index (χ3n) is 10.1. The summed E-state index contributed by atoms with van der Waals surface area (Å²) in [6.45, 7) is 0. The molecule has 10 aromatic rings. The molecule has 0 heterocycles. The zero-order valence-electron chi connectivity index (χ0n) is 38.2. The summed E-state index contributed by atoms with van der Waals surface area (Å²) in [4.78, 5) is 0. The van der Waals surface area contributed by atoms with E-state index >= 15 is 4.39 Å². The summed E-state index contributed by atoms with van der Waals surface area (Å²) < 4.78 is 103. The molecule has 248 valence electrons. The second-order valence-electron chi connectivity index (χ2n) is 13.0. The highest BCUT2D eigenvalue weighted by molar-refractivity contribution is 6.25. The SMILES string of the molecule is [2H]c1c([2H])c([2H])c(-c2cc(-c3c([2H])c([2H])c([2H])c([2H])c3[2H])c(F)c(-c3ccc(-c4c5ccccc5c(-c5cccc6ccccc56)c5ccccc45)c4ccccc34)c2)c([2H])c1[2H]. The van der Waals surface area contributed by atoms with Crippen LogP contribution in [0.5, 0.6) is 0 Å². The molecule has 10 aromatic carbocycles. The van der Waals surface area contributed by atoms with Crippen LogP contribution < -0.4 is 0 Å². The molecule has 0 unspecified atom stereocenters. The number of rotatable bonds is 5. The molecule has 0 aliphatic heterocycles. The van der Waals surface area contributed by atoms with E-state index in [1.165, 1.54) is 12.1 Å². The van der Waals surface area contributed by atoms with E-state index < -0.39 is 71.8 Å². The molecule has 1 heteroatoms. The Bertz CT molecular complexity index is 3480. The second-order valence-corrected chi connectivity index (χ2v) is 13.0. The predicted molar refractivity (Wildman–Crippen MR) is 224 cm³/mol. The first-order valence-electron chi connectivity index (χ1n) is 22.3. The molecule has 0 atom stereocenters. The highest BCUT2D eigenvalue weighted by atomic mass is 19.1. The van der Waals surface area contributed by atoms with Crippen molar-refractivity contribution >= 4 is 43.1 Å². The van der Waals surface area contributed by atoms with Crippen LogP contribution >= 0.6 is 0 Å². The Hall–Kier alpha value is -6.83. The number of hydrogen-bond acceptors (Lipinski definition) is 0. The van der Waals surface area contributed by atoms with Crippen LogP contribution in [-0.4, -0.2) is 0 Å². The molecule has 0 saturated heterocycles. The van der Waals surface area contributed by atoms with Crippen molar-refractivity contribution in [3.05, 3.63) is 206 Å². The monoisotopic (exact) mass is 686 g/mol. The van der Waals surface area contributed by atoms with Gasteiger partial charge in [-0.3, -0.25) is 0 Å². The zero-order chi connectivity index (χ0) is 44.0. The number of benzene rings is 10. The average molecular weight is 687 g/mol. The molecule has 0 amide bonds. The molecule has 10 rings (SSSR count). The molecule has 0 aromatic heterocycles. The van der Waals surface area contributed by atoms with Crippen LogP contribution in [-0.2, 0) is 0 Å². The van der Waals surface area contributed by atoms with E-state index in [2.05, 4.69) is 54.6 Å². The first-order valence-corrected chi connectivity index (χ1v) is 17.3. The Morgan fingerprint density at radius 3 is 1.36 bits per heavy atom. The highest BCUT2D eigenvalue weighted by Crippen LogP contribution is 2.48. The molecule has 0 bridgehead atoms. The number of hydrogen-bond donors (Lipinski definition) is 0. The molecule has 53 heavy (non-hydrogen) atoms. The van der Waals surface area contributed by atoms with Gasteiger partial charge in [0.2, 0.25) is 0 Å². The lowest BCUT2D eigenvalue weighted by Crippen LogP contribution is -1.95. The van der Waals surface area contributed by atoms with E-state index in [-0.39, 0.29) is 22.3 Å². The van der Waals surface area contributed by atoms with Gasteiger partial charge in [0.05, 0.1) is 13.7 Å². The minimum Gasteiger partial charge on any atom is -0.206 e. The normalized spacial score (nSPS) is 14.1. The molecular weight excluding hydrogens is 644 g/mol. The molecule has 0 spiro atoms. The Labute approximate surface area is 322 Å². The van der Waals surface area contributed by atoms with E-state index in [1.807, 2.05) is 66.7 Å². The Kier molecular flexibility index (Phi) is 5.33. The van der Waals surface area contributed by atoms with Crippen LogP contribution in [0.15, 0.2) is 200 Å². The van der Waals surface area contributed by atoms with Gasteiger partial charge in [-0.05, 0) is 99.7 Å². The van der Waals surface area contributed by atoms with Gasteiger partial charge in [-0.2, -0.15) is 0 Å². The third kappa shape index (κ3) is 5.12. The third-order valence-corrected chi connectivity index (χ3v) is 10.1. The second kappa shape index (κ2) is 12.7. The van der Waals surface area contributed by atoms with Gasteiger partial charge >= 0.3 is 0 Å². The van der Waals surface area contributed by atoms with Crippen molar-refractivity contribution in [1.82, 2.24) is 0 Å². The first-order chi connectivity index (χ1) is 30.4. The number of fused-ring (bicyclic) bond motifs is 4. The van der Waals surface area contributed by atoms with Gasteiger partial charge in [-0.25, -0.2) is 4.39 Å². The van der Waals surface area contributed by atoms with Crippen molar-refractivity contribution < 1.29 is 18.1 Å². The zero-order valence-corrected chi connectivity index (χ0v) is 28.2. The van der Waals surface area contributed by atoms with Crippen LogP contribution in [0.25, 0.3) is 98.7 Å². The topological polar surface area (TPSA) is 0 Å². The lowest BCUT2D eigenvalue weighted by molar-refractivity contribution is 0.635. The maximum Gasteiger partial charge on any atom is 0.138 e. The Balaban J connectivity index is 1.29. The largest absolute Gasteiger partial charge is 0.206 e. The van der Waals surface area contributed by atoms with Gasteiger partial charge in [-0.1, -0.05) is 188 Å². The summed E-state index contributed by atoms with van der Waals surface area (Å²) in [7, 11) is 0. The molecule has 0 aliphatic carbocycles. The summed E-state index contributed by atoms with van der Waals surface area (Å²) >= 11 is 0. The van der Waals surface area contributed by atoms with Gasteiger partial charge in [-0.15, -0.1) is 0 Å². The lowest BCUT2D eigenvalue weighted by atomic mass is 9.82. The van der Waals surface area contributed by atoms with Crippen molar-refractivity contribution in [3.8, 4) is 55.6 Å². The summed E-state index contributed by atoms with van der Waals surface area (Å²) in [6.07, 6.45) is 0. The molecule has 0 fully saturated rings. The summed E-state index contributed by atoms with van der Waals surface area (Å²) in [5.74, 6) is -0.905. The predicted octanol–water partition coefficient (Wildman–Crippen LogP) is 14.8. The van der Waals surface area contributed by atoms with Gasteiger partial charge in [0.25, 0.3) is 0 Å². The van der Waals surface area contributed by atoms with Gasteiger partial charge in [0, 0.05) is 11.1 Å². The van der Waals surface area contributed by atoms with Gasteiger partial charge in [0.1, 0.15) is 5.82 Å². The van der Waals surface area contributed by atoms with Crippen molar-refractivity contribution in [3.63, 3.8) is 0 Å². The summed E-state index contributed by atoms with van der Waals surface area (Å²) in [6, 6.07) is 39.1. The van der Waals surface area contributed by atoms with Gasteiger partial charge in [0.15, 0.2) is 0 Å². The van der Waals surface area contributed by atoms with Crippen LogP contribution in [0.3, 0.4) is 0 Å². The van der Waals surface area contributed by atoms with Crippen molar-refractivity contribution in [2.24, 2.45) is 0 Å². The minimum atomic E-state index is -0.905. The highest BCUT2D eigenvalue weighted by Gasteiger charge is 2.22. The van der Waals surface area contributed by atoms with E-state index in [0.29, 0.717) is 10.9 Å². The van der Waals surface area contributed by atoms with E-state index in [0.717, 1.165) is 60.0 Å². The molecule has 0 saturated carbocycles. The smallest absolute Gasteiger partial charge is 0.138 e. The van der Waals surface area contributed by atoms with Crippen LogP contribution in [0.2, 0.25) is 0 Å². The Morgan fingerprint density at radius 1 is 0.321 bits per heavy atom. The fraction of sp³-hybridized carbons (Fsp3) is 0. The maximum atomic E-state index is 17.6. The van der Waals surface area contributed by atoms with Crippen LogP contribution in [0.4, 0.5) is 4.39 Å². The van der Waals surface area contributed by atoms with Gasteiger partial charge < -0.3 is 0 Å². The van der Waals surface area contributed by atoms with E-state index in [4.69, 9.17) is 13.7 Å². The van der Waals surface area contributed by atoms with Crippen molar-refractivity contribution in [2.45, 2.75) is 0 Å². The maximum absolute atomic E-state index is 17.6. The van der Waals surface area contributed by atoms with Crippen LogP contribution in [0, 0.1) is 5.82 Å². The quantitative estimate of drug-likeness (QED) is 0.158. The summed E-state index contributed by atoms with van der Waals surface area (Å²) in [5.41, 5.74) is 3.40. The molecular formula is C52H33F. The fourth-order valence-electron chi connectivity index (χ4n) is 7.83. The molecule has 0 nitrogen and oxygen atoms in total. The van der Waals surface area contributed by atoms with Crippen molar-refractivity contribution in [2.75, 3.05) is 0 Å². The lowest BCUT2D eigenvalue weighted by Gasteiger charge is -2.21. The fourth-order valence-corrected chi connectivity index (χ4v) is 7.83. The summed E-state index contributed by atoms with van der Waals surface area (Å²) in [5, 5.41) is 7.79. The van der Waals surface area contributed by atoms with Crippen molar-refractivity contribution in [1.29, 1.82) is 0 Å².